The molecule has 4 nitrogen and oxygen atoms in total. The molecule has 0 bridgehead atoms. The maximum atomic E-state index is 5.71. The molecule has 0 saturated carbocycles. The lowest BCUT2D eigenvalue weighted by atomic mass is 9.83. The molecule has 0 fully saturated rings. The molecule has 0 aliphatic rings. The molecule has 11 aromatic carbocycles. The van der Waals surface area contributed by atoms with Crippen LogP contribution in [0, 0.1) is 0 Å². The summed E-state index contributed by atoms with van der Waals surface area (Å²) in [6.45, 7) is 0. The SMILES string of the molecule is c1ccc(-c2cc(-c3ccccc3)cc(-c3nc(-c4cc(-c5ccccc5)cc(-c5ccccc5)c4)nc(-c4cccc(-c5c(-c6ccccc6)c(-c6ccccc6)nc(-c6ccccc6)c5-c5ccccc5)c4)n3)c2)cc1. The summed E-state index contributed by atoms with van der Waals surface area (Å²) in [5.74, 6) is 1.69. The summed E-state index contributed by atoms with van der Waals surface area (Å²) in [6.07, 6.45) is 0. The zero-order valence-electron chi connectivity index (χ0n) is 42.7. The van der Waals surface area contributed by atoms with Crippen LogP contribution in [0.4, 0.5) is 0 Å². The Morgan fingerprint density at radius 1 is 0.141 bits per heavy atom. The Hall–Kier alpha value is -10.4. The van der Waals surface area contributed by atoms with E-state index in [9.17, 15) is 0 Å². The highest BCUT2D eigenvalue weighted by atomic mass is 15.0. The molecular weight excluding hydrogens is 945 g/mol. The van der Waals surface area contributed by atoms with E-state index in [1.165, 1.54) is 0 Å². The van der Waals surface area contributed by atoms with Crippen LogP contribution in [0.3, 0.4) is 0 Å². The number of hydrogen-bond donors (Lipinski definition) is 0. The van der Waals surface area contributed by atoms with Gasteiger partial charge in [-0.25, -0.2) is 19.9 Å². The third-order valence-electron chi connectivity index (χ3n) is 14.3. The number of nitrogens with zero attached hydrogens (tertiary/aromatic N) is 4. The van der Waals surface area contributed by atoms with Crippen LogP contribution < -0.4 is 0 Å². The zero-order chi connectivity index (χ0) is 52.0. The second-order valence-corrected chi connectivity index (χ2v) is 19.3. The smallest absolute Gasteiger partial charge is 0.164 e. The van der Waals surface area contributed by atoms with Crippen molar-refractivity contribution in [2.75, 3.05) is 0 Å². The maximum absolute atomic E-state index is 5.71. The van der Waals surface area contributed by atoms with Crippen molar-refractivity contribution in [1.29, 1.82) is 0 Å². The van der Waals surface area contributed by atoms with E-state index in [-0.39, 0.29) is 0 Å². The monoisotopic (exact) mass is 994 g/mol. The molecule has 2 aromatic heterocycles. The Morgan fingerprint density at radius 3 is 0.692 bits per heavy atom. The van der Waals surface area contributed by atoms with E-state index in [1.54, 1.807) is 0 Å². The minimum Gasteiger partial charge on any atom is -0.246 e. The van der Waals surface area contributed by atoms with Gasteiger partial charge in [0.2, 0.25) is 0 Å². The van der Waals surface area contributed by atoms with Crippen molar-refractivity contribution in [1.82, 2.24) is 19.9 Å². The van der Waals surface area contributed by atoms with Gasteiger partial charge in [0.05, 0.1) is 11.4 Å². The zero-order valence-corrected chi connectivity index (χ0v) is 42.7. The van der Waals surface area contributed by atoms with Crippen LogP contribution in [0.25, 0.3) is 135 Å². The van der Waals surface area contributed by atoms with Crippen LogP contribution in [-0.2, 0) is 0 Å². The normalized spacial score (nSPS) is 11.1. The summed E-state index contributed by atoms with van der Waals surface area (Å²) >= 11 is 0. The lowest BCUT2D eigenvalue weighted by molar-refractivity contribution is 1.07. The van der Waals surface area contributed by atoms with Gasteiger partial charge in [-0.3, -0.25) is 0 Å². The lowest BCUT2D eigenvalue weighted by Gasteiger charge is -2.23. The van der Waals surface area contributed by atoms with Crippen LogP contribution in [-0.4, -0.2) is 19.9 Å². The first kappa shape index (κ1) is 47.3. The molecule has 4 heteroatoms. The van der Waals surface area contributed by atoms with Gasteiger partial charge in [-0.05, 0) is 104 Å². The third kappa shape index (κ3) is 9.74. The van der Waals surface area contributed by atoms with Crippen molar-refractivity contribution in [3.8, 4) is 135 Å². The van der Waals surface area contributed by atoms with Gasteiger partial charge in [-0.15, -0.1) is 0 Å². The molecule has 2 heterocycles. The molecule has 0 atom stereocenters. The number of hydrogen-bond acceptors (Lipinski definition) is 4. The fourth-order valence-electron chi connectivity index (χ4n) is 10.5. The van der Waals surface area contributed by atoms with Gasteiger partial charge in [0.25, 0.3) is 0 Å². The Kier molecular flexibility index (Phi) is 13.0. The lowest BCUT2D eigenvalue weighted by Crippen LogP contribution is -2.03. The van der Waals surface area contributed by atoms with Gasteiger partial charge in [0, 0.05) is 44.5 Å². The van der Waals surface area contributed by atoms with Crippen LogP contribution in [0.1, 0.15) is 0 Å². The molecule has 0 unspecified atom stereocenters. The minimum absolute atomic E-state index is 0.553. The van der Waals surface area contributed by atoms with Crippen LogP contribution in [0.15, 0.2) is 303 Å². The minimum atomic E-state index is 0.553. The highest BCUT2D eigenvalue weighted by molar-refractivity contribution is 6.05. The van der Waals surface area contributed by atoms with Crippen molar-refractivity contribution < 1.29 is 0 Å². The number of benzene rings is 11. The van der Waals surface area contributed by atoms with Gasteiger partial charge < -0.3 is 0 Å². The standard InChI is InChI=1S/C74H50N4/c1-9-26-51(27-10-1)61-45-62(52-28-11-2-12-29-52)48-65(47-61)73-76-72(77-74(78-73)66-49-63(53-30-13-3-14-31-53)46-64(50-66)54-32-15-4-16-33-54)60-43-25-42-59(44-60)67-68(55-34-17-5-18-35-55)70(57-38-21-7-22-39-57)75-71(58-40-23-8-24-41-58)69(67)56-36-19-6-20-37-56/h1-50H. The molecule has 0 aliphatic carbocycles. The van der Waals surface area contributed by atoms with Gasteiger partial charge >= 0.3 is 0 Å². The Labute approximate surface area is 455 Å². The molecule has 13 aromatic rings. The van der Waals surface area contributed by atoms with E-state index < -0.39 is 0 Å². The molecule has 0 saturated heterocycles. The van der Waals surface area contributed by atoms with Crippen molar-refractivity contribution in [2.45, 2.75) is 0 Å². The van der Waals surface area contributed by atoms with E-state index in [2.05, 4.69) is 303 Å². The molecule has 78 heavy (non-hydrogen) atoms. The summed E-state index contributed by atoms with van der Waals surface area (Å²) in [7, 11) is 0. The summed E-state index contributed by atoms with van der Waals surface area (Å²) in [4.78, 5) is 22.2. The molecule has 366 valence electrons. The Bertz CT molecular complexity index is 3830. The van der Waals surface area contributed by atoms with Gasteiger partial charge in [0.15, 0.2) is 17.5 Å². The van der Waals surface area contributed by atoms with Crippen molar-refractivity contribution >= 4 is 0 Å². The average molecular weight is 995 g/mol. The van der Waals surface area contributed by atoms with Crippen LogP contribution in [0.5, 0.6) is 0 Å². The van der Waals surface area contributed by atoms with Gasteiger partial charge in [-0.1, -0.05) is 261 Å². The highest BCUT2D eigenvalue weighted by Gasteiger charge is 2.26. The first-order chi connectivity index (χ1) is 38.7. The summed E-state index contributed by atoms with van der Waals surface area (Å²) in [6, 6.07) is 107. The second kappa shape index (κ2) is 21.4. The van der Waals surface area contributed by atoms with Crippen LogP contribution >= 0.6 is 0 Å². The van der Waals surface area contributed by atoms with E-state index >= 15 is 0 Å². The predicted octanol–water partition coefficient (Wildman–Crippen LogP) is 19.3. The number of rotatable bonds is 12. The molecule has 0 spiro atoms. The maximum Gasteiger partial charge on any atom is 0.164 e. The summed E-state index contributed by atoms with van der Waals surface area (Å²) in [5, 5.41) is 0. The Morgan fingerprint density at radius 2 is 0.372 bits per heavy atom. The molecule has 13 rings (SSSR count). The van der Waals surface area contributed by atoms with Gasteiger partial charge in [0.1, 0.15) is 0 Å². The third-order valence-corrected chi connectivity index (χ3v) is 14.3. The fourth-order valence-corrected chi connectivity index (χ4v) is 10.5. The van der Waals surface area contributed by atoms with Gasteiger partial charge in [-0.2, -0.15) is 0 Å². The topological polar surface area (TPSA) is 51.6 Å². The quantitative estimate of drug-likeness (QED) is 0.122. The highest BCUT2D eigenvalue weighted by Crippen LogP contribution is 2.49. The molecule has 0 N–H and O–H groups in total. The number of aromatic nitrogens is 4. The number of pyridine rings is 1. The van der Waals surface area contributed by atoms with E-state index in [0.717, 1.165) is 117 Å². The molecule has 0 amide bonds. The average Bonchev–Trinajstić information content (AvgIpc) is 3.73. The molecule has 0 aliphatic heterocycles. The first-order valence-electron chi connectivity index (χ1n) is 26.4. The predicted molar refractivity (Wildman–Crippen MR) is 323 cm³/mol. The summed E-state index contributed by atoms with van der Waals surface area (Å²) < 4.78 is 0. The first-order valence-corrected chi connectivity index (χ1v) is 26.4. The molecular formula is C74H50N4. The van der Waals surface area contributed by atoms with Crippen molar-refractivity contribution in [2.24, 2.45) is 0 Å². The largest absolute Gasteiger partial charge is 0.246 e. The van der Waals surface area contributed by atoms with Crippen molar-refractivity contribution in [3.63, 3.8) is 0 Å². The van der Waals surface area contributed by atoms with Crippen LogP contribution in [0.2, 0.25) is 0 Å². The van der Waals surface area contributed by atoms with E-state index in [0.29, 0.717) is 17.5 Å². The van der Waals surface area contributed by atoms with E-state index in [4.69, 9.17) is 19.9 Å². The summed E-state index contributed by atoms with van der Waals surface area (Å²) in [5.41, 5.74) is 21.4. The van der Waals surface area contributed by atoms with Crippen molar-refractivity contribution in [3.05, 3.63) is 303 Å². The molecule has 0 radical (unpaired) electrons. The Balaban J connectivity index is 1.10. The second-order valence-electron chi connectivity index (χ2n) is 19.3. The van der Waals surface area contributed by atoms with E-state index in [1.807, 2.05) is 0 Å². The fraction of sp³-hybridized carbons (Fsp3) is 0.